The van der Waals surface area contributed by atoms with Crippen LogP contribution < -0.4 is 4.72 Å². The van der Waals surface area contributed by atoms with Crippen molar-refractivity contribution in [3.8, 4) is 0 Å². The monoisotopic (exact) mass is 484 g/mol. The van der Waals surface area contributed by atoms with Gasteiger partial charge >= 0.3 is 6.18 Å². The van der Waals surface area contributed by atoms with Crippen LogP contribution in [0.15, 0.2) is 22.8 Å². The summed E-state index contributed by atoms with van der Waals surface area (Å²) in [6, 6.07) is -0.0109. The van der Waals surface area contributed by atoms with Crippen LogP contribution in [0.25, 0.3) is 10.9 Å². The lowest BCUT2D eigenvalue weighted by Gasteiger charge is -2.22. The van der Waals surface area contributed by atoms with Crippen molar-refractivity contribution in [2.24, 2.45) is 5.41 Å². The molecule has 1 saturated carbocycles. The van der Waals surface area contributed by atoms with E-state index in [-0.39, 0.29) is 20.8 Å². The van der Waals surface area contributed by atoms with Gasteiger partial charge in [-0.05, 0) is 46.3 Å². The van der Waals surface area contributed by atoms with E-state index in [2.05, 4.69) is 15.9 Å². The van der Waals surface area contributed by atoms with Gasteiger partial charge in [-0.25, -0.2) is 12.8 Å². The predicted octanol–water partition coefficient (Wildman–Crippen LogP) is 5.27. The second-order valence-electron chi connectivity index (χ2n) is 8.39. The smallest absolute Gasteiger partial charge is 0.347 e. The highest BCUT2D eigenvalue weighted by Gasteiger charge is 2.47. The highest BCUT2D eigenvalue weighted by molar-refractivity contribution is 9.10. The molecule has 2 aromatic rings. The van der Waals surface area contributed by atoms with Crippen LogP contribution in [0.2, 0.25) is 0 Å². The van der Waals surface area contributed by atoms with E-state index in [0.717, 1.165) is 6.07 Å². The Morgan fingerprint density at radius 3 is 2.36 bits per heavy atom. The molecule has 156 valence electrons. The summed E-state index contributed by atoms with van der Waals surface area (Å²) in [4.78, 5) is 0. The van der Waals surface area contributed by atoms with Gasteiger partial charge in [-0.3, -0.25) is 0 Å². The Morgan fingerprint density at radius 1 is 1.25 bits per heavy atom. The quantitative estimate of drug-likeness (QED) is 0.587. The molecule has 10 heteroatoms. The van der Waals surface area contributed by atoms with Crippen LogP contribution in [0.1, 0.15) is 45.2 Å². The molecule has 1 aromatic heterocycles. The molecular weight excluding hydrogens is 464 g/mol. The molecule has 1 heterocycles. The summed E-state index contributed by atoms with van der Waals surface area (Å²) in [5.74, 6) is -0.715. The second kappa shape index (κ2) is 6.98. The van der Waals surface area contributed by atoms with Crippen molar-refractivity contribution in [1.82, 2.24) is 9.29 Å². The van der Waals surface area contributed by atoms with Gasteiger partial charge in [-0.2, -0.15) is 17.9 Å². The SMILES string of the molecule is CC(C)(C)Cn1cc([C@H](NS(=O)(=O)C2CC2)C(F)(F)F)c2cc(F)c(Br)cc21. The number of alkyl halides is 3. The lowest BCUT2D eigenvalue weighted by Crippen LogP contribution is -2.39. The van der Waals surface area contributed by atoms with Crippen molar-refractivity contribution in [3.05, 3.63) is 34.2 Å². The summed E-state index contributed by atoms with van der Waals surface area (Å²) in [6.07, 6.45) is -2.91. The molecule has 0 aliphatic heterocycles. The maximum atomic E-state index is 14.1. The number of aromatic nitrogens is 1. The van der Waals surface area contributed by atoms with E-state index < -0.39 is 33.3 Å². The molecule has 0 amide bonds. The third-order valence-electron chi connectivity index (χ3n) is 4.48. The number of halogens is 5. The van der Waals surface area contributed by atoms with Crippen molar-refractivity contribution in [2.45, 2.75) is 57.6 Å². The Kier molecular flexibility index (Phi) is 5.38. The summed E-state index contributed by atoms with van der Waals surface area (Å²) in [5, 5.41) is -0.767. The van der Waals surface area contributed by atoms with Crippen molar-refractivity contribution in [2.75, 3.05) is 0 Å². The molecule has 28 heavy (non-hydrogen) atoms. The molecule has 1 atom stereocenters. The predicted molar refractivity (Wildman–Crippen MR) is 103 cm³/mol. The van der Waals surface area contributed by atoms with Crippen LogP contribution in [-0.2, 0) is 16.6 Å². The lowest BCUT2D eigenvalue weighted by atomic mass is 9.97. The molecule has 0 bridgehead atoms. The summed E-state index contributed by atoms with van der Waals surface area (Å²) in [5.41, 5.74) is -0.161. The largest absolute Gasteiger partial charge is 0.408 e. The van der Waals surface area contributed by atoms with E-state index in [9.17, 15) is 26.0 Å². The second-order valence-corrected chi connectivity index (χ2v) is 11.2. The fourth-order valence-corrected chi connectivity index (χ4v) is 5.00. The zero-order chi connectivity index (χ0) is 21.1. The first kappa shape index (κ1) is 21.6. The summed E-state index contributed by atoms with van der Waals surface area (Å²) in [7, 11) is -4.11. The maximum Gasteiger partial charge on any atom is 0.408 e. The molecule has 0 unspecified atom stereocenters. The molecule has 1 aromatic carbocycles. The van der Waals surface area contributed by atoms with Crippen LogP contribution in [0.3, 0.4) is 0 Å². The third kappa shape index (κ3) is 4.54. The summed E-state index contributed by atoms with van der Waals surface area (Å²) < 4.78 is 83.6. The fraction of sp³-hybridized carbons (Fsp3) is 0.556. The van der Waals surface area contributed by atoms with Gasteiger partial charge in [-0.1, -0.05) is 20.8 Å². The normalized spacial score (nSPS) is 17.3. The molecule has 0 radical (unpaired) electrons. The average molecular weight is 485 g/mol. The first-order valence-corrected chi connectivity index (χ1v) is 11.1. The van der Waals surface area contributed by atoms with Crippen LogP contribution in [0.5, 0.6) is 0 Å². The van der Waals surface area contributed by atoms with E-state index in [1.54, 1.807) is 4.57 Å². The first-order valence-electron chi connectivity index (χ1n) is 8.75. The molecule has 1 aliphatic rings. The van der Waals surface area contributed by atoms with Gasteiger partial charge in [0.15, 0.2) is 0 Å². The van der Waals surface area contributed by atoms with Crippen LogP contribution in [0.4, 0.5) is 17.6 Å². The molecule has 3 rings (SSSR count). The minimum atomic E-state index is -4.87. The fourth-order valence-electron chi connectivity index (χ4n) is 3.13. The summed E-state index contributed by atoms with van der Waals surface area (Å²) >= 11 is 3.07. The van der Waals surface area contributed by atoms with Crippen molar-refractivity contribution < 1.29 is 26.0 Å². The standard InChI is InChI=1S/C18H21BrF4N2O2S/c1-17(2,3)9-25-8-12(11-6-14(20)13(19)7-15(11)25)16(18(21,22)23)24-28(26,27)10-4-5-10/h6-8,10,16,24H,4-5,9H2,1-3H3/t16-/m0/s1. The number of rotatable bonds is 5. The Morgan fingerprint density at radius 2 is 1.86 bits per heavy atom. The van der Waals surface area contributed by atoms with Gasteiger partial charge in [0.2, 0.25) is 10.0 Å². The van der Waals surface area contributed by atoms with E-state index in [0.29, 0.717) is 24.9 Å². The van der Waals surface area contributed by atoms with E-state index >= 15 is 0 Å². The first-order chi connectivity index (χ1) is 12.7. The molecule has 1 fully saturated rings. The Hall–Kier alpha value is -1.13. The molecule has 4 nitrogen and oxygen atoms in total. The van der Waals surface area contributed by atoms with Crippen LogP contribution in [-0.4, -0.2) is 24.4 Å². The van der Waals surface area contributed by atoms with Gasteiger partial charge in [-0.15, -0.1) is 0 Å². The van der Waals surface area contributed by atoms with Gasteiger partial charge in [0.25, 0.3) is 0 Å². The van der Waals surface area contributed by atoms with E-state index in [4.69, 9.17) is 0 Å². The zero-order valence-electron chi connectivity index (χ0n) is 15.6. The maximum absolute atomic E-state index is 14.1. The Labute approximate surface area is 169 Å². The molecule has 0 saturated heterocycles. The highest BCUT2D eigenvalue weighted by Crippen LogP contribution is 2.41. The van der Waals surface area contributed by atoms with Gasteiger partial charge in [0, 0.05) is 29.2 Å². The number of sulfonamides is 1. The van der Waals surface area contributed by atoms with Gasteiger partial charge in [0.05, 0.1) is 9.72 Å². The lowest BCUT2D eigenvalue weighted by molar-refractivity contribution is -0.152. The molecule has 0 spiro atoms. The number of fused-ring (bicyclic) bond motifs is 1. The molecule has 1 N–H and O–H groups in total. The van der Waals surface area contributed by atoms with Crippen molar-refractivity contribution in [1.29, 1.82) is 0 Å². The summed E-state index contributed by atoms with van der Waals surface area (Å²) in [6.45, 7) is 6.15. The number of hydrogen-bond donors (Lipinski definition) is 1. The van der Waals surface area contributed by atoms with Crippen LogP contribution in [0, 0.1) is 11.2 Å². The Balaban J connectivity index is 2.19. The highest BCUT2D eigenvalue weighted by atomic mass is 79.9. The number of nitrogens with one attached hydrogen (secondary N) is 1. The average Bonchev–Trinajstić information content (AvgIpc) is 3.31. The van der Waals surface area contributed by atoms with Gasteiger partial charge < -0.3 is 4.57 Å². The zero-order valence-corrected chi connectivity index (χ0v) is 18.0. The third-order valence-corrected chi connectivity index (χ3v) is 7.00. The van der Waals surface area contributed by atoms with E-state index in [1.165, 1.54) is 12.3 Å². The van der Waals surface area contributed by atoms with Gasteiger partial charge in [0.1, 0.15) is 11.9 Å². The molecular formula is C18H21BrF4N2O2S. The number of benzene rings is 1. The topological polar surface area (TPSA) is 51.1 Å². The van der Waals surface area contributed by atoms with Crippen LogP contribution >= 0.6 is 15.9 Å². The minimum Gasteiger partial charge on any atom is -0.347 e. The number of nitrogens with zero attached hydrogens (tertiary/aromatic N) is 1. The minimum absolute atomic E-state index is 0.0331. The Bertz CT molecular complexity index is 1010. The van der Waals surface area contributed by atoms with E-state index in [1.807, 2.05) is 25.5 Å². The molecule has 1 aliphatic carbocycles. The van der Waals surface area contributed by atoms with Crippen molar-refractivity contribution in [3.63, 3.8) is 0 Å². The van der Waals surface area contributed by atoms with Crippen molar-refractivity contribution >= 4 is 36.9 Å². The number of hydrogen-bond acceptors (Lipinski definition) is 2.